The molecule has 0 rings (SSSR count). The molecule has 32 heavy (non-hydrogen) atoms. The Kier molecular flexibility index (Phi) is 27.6. The van der Waals surface area contributed by atoms with E-state index in [0.717, 1.165) is 19.3 Å². The summed E-state index contributed by atoms with van der Waals surface area (Å²) in [6, 6.07) is 0. The van der Waals surface area contributed by atoms with Gasteiger partial charge in [-0.1, -0.05) is 122 Å². The predicted octanol–water partition coefficient (Wildman–Crippen LogP) is 6.98. The molecular weight excluding hydrogens is 451 g/mol. The van der Waals surface area contributed by atoms with Gasteiger partial charge in [0, 0.05) is 6.92 Å². The fraction of sp³-hybridized carbons (Fsp3) is 0.960. The molecule has 7 heteroatoms. The van der Waals surface area contributed by atoms with Crippen LogP contribution >= 0.6 is 0 Å². The Morgan fingerprint density at radius 1 is 0.688 bits per heavy atom. The van der Waals surface area contributed by atoms with Gasteiger partial charge in [-0.3, -0.25) is 9.35 Å². The summed E-state index contributed by atoms with van der Waals surface area (Å²) in [6.07, 6.45) is 24.6. The van der Waals surface area contributed by atoms with Crippen molar-refractivity contribution in [3.63, 3.8) is 0 Å². The second-order valence-corrected chi connectivity index (χ2v) is 10.6. The molecule has 0 saturated carbocycles. The summed E-state index contributed by atoms with van der Waals surface area (Å²) in [6.45, 7) is 3.53. The molecule has 0 aromatic rings. The van der Waals surface area contributed by atoms with Crippen LogP contribution in [0.4, 0.5) is 0 Å². The van der Waals surface area contributed by atoms with Gasteiger partial charge >= 0.3 is 57.4 Å². The van der Waals surface area contributed by atoms with Crippen LogP contribution in [0.15, 0.2) is 0 Å². The maximum atomic E-state index is 11.0. The van der Waals surface area contributed by atoms with Gasteiger partial charge < -0.3 is 4.74 Å². The zero-order valence-electron chi connectivity index (χ0n) is 20.4. The molecule has 1 N–H and O–H groups in total. The minimum atomic E-state index is -4.12. The van der Waals surface area contributed by atoms with E-state index in [-0.39, 0.29) is 51.4 Å². The van der Waals surface area contributed by atoms with Crippen molar-refractivity contribution < 1.29 is 22.5 Å². The van der Waals surface area contributed by atoms with Gasteiger partial charge in [-0.05, 0) is 12.8 Å². The van der Waals surface area contributed by atoms with Crippen LogP contribution in [-0.2, 0) is 19.6 Å². The molecule has 0 saturated heterocycles. The summed E-state index contributed by atoms with van der Waals surface area (Å²) >= 11 is 0. The van der Waals surface area contributed by atoms with E-state index in [0.29, 0.717) is 6.42 Å². The molecule has 0 bridgehead atoms. The van der Waals surface area contributed by atoms with Crippen LogP contribution in [0.3, 0.4) is 0 Å². The quantitative estimate of drug-likeness (QED) is 0.0705. The average Bonchev–Trinajstić information content (AvgIpc) is 2.68. The first-order chi connectivity index (χ1) is 14.8. The van der Waals surface area contributed by atoms with Crippen molar-refractivity contribution in [1.29, 1.82) is 0 Å². The Morgan fingerprint density at radius 2 is 1.00 bits per heavy atom. The van der Waals surface area contributed by atoms with Crippen LogP contribution in [0.2, 0.25) is 0 Å². The van der Waals surface area contributed by atoms with Crippen molar-refractivity contribution >= 4 is 67.5 Å². The number of rotatable bonds is 23. The van der Waals surface area contributed by atoms with Crippen molar-refractivity contribution in [2.45, 2.75) is 148 Å². The molecule has 1 unspecified atom stereocenters. The van der Waals surface area contributed by atoms with Gasteiger partial charge in [-0.15, -0.1) is 0 Å². The molecule has 0 aliphatic carbocycles. The Labute approximate surface area is 241 Å². The number of hydrogen-bond acceptors (Lipinski definition) is 4. The van der Waals surface area contributed by atoms with Crippen molar-refractivity contribution in [3.8, 4) is 0 Å². The van der Waals surface area contributed by atoms with Crippen LogP contribution in [0.25, 0.3) is 0 Å². The second-order valence-electron chi connectivity index (χ2n) is 9.13. The van der Waals surface area contributed by atoms with Gasteiger partial charge in [0.05, 0.1) is 0 Å². The summed E-state index contributed by atoms with van der Waals surface area (Å²) < 4.78 is 35.9. The molecular formula is C25H51KO5S. The van der Waals surface area contributed by atoms with Crippen LogP contribution in [-0.4, -0.2) is 82.2 Å². The number of ether oxygens (including phenoxy) is 1. The predicted molar refractivity (Wildman–Crippen MR) is 137 cm³/mol. The van der Waals surface area contributed by atoms with Gasteiger partial charge in [0.2, 0.25) is 0 Å². The number of hydrogen-bond donors (Lipinski definition) is 1. The fourth-order valence-corrected chi connectivity index (χ4v) is 4.80. The summed E-state index contributed by atoms with van der Waals surface area (Å²) in [5.41, 5.74) is 0. The minimum absolute atomic E-state index is 0. The molecule has 0 heterocycles. The first-order valence-corrected chi connectivity index (χ1v) is 14.6. The molecule has 0 aromatic heterocycles. The third-order valence-electron chi connectivity index (χ3n) is 5.86. The van der Waals surface area contributed by atoms with Gasteiger partial charge in [0.1, 0.15) is 11.9 Å². The number of esters is 1. The molecule has 0 aliphatic rings. The van der Waals surface area contributed by atoms with Gasteiger partial charge in [-0.25, -0.2) is 0 Å². The first-order valence-electron chi connectivity index (χ1n) is 13.0. The zero-order valence-corrected chi connectivity index (χ0v) is 21.2. The Balaban J connectivity index is 0. The van der Waals surface area contributed by atoms with Crippen LogP contribution in [0.5, 0.6) is 0 Å². The summed E-state index contributed by atoms with van der Waals surface area (Å²) in [4.78, 5) is 11.0. The van der Waals surface area contributed by atoms with E-state index < -0.39 is 27.9 Å². The molecule has 1 atom stereocenters. The fourth-order valence-electron chi connectivity index (χ4n) is 4.10. The SMILES string of the molecule is CCCCCCCCCCCCCCCCCCCCCC(CS(=O)(=O)O)OC(C)=O.[KH]. The van der Waals surface area contributed by atoms with Gasteiger partial charge in [-0.2, -0.15) is 8.42 Å². The molecule has 5 nitrogen and oxygen atoms in total. The zero-order chi connectivity index (χ0) is 23.2. The van der Waals surface area contributed by atoms with E-state index >= 15 is 0 Å². The molecule has 188 valence electrons. The van der Waals surface area contributed by atoms with Crippen LogP contribution in [0, 0.1) is 0 Å². The second kappa shape index (κ2) is 25.1. The third kappa shape index (κ3) is 29.0. The van der Waals surface area contributed by atoms with Crippen molar-refractivity contribution in [1.82, 2.24) is 0 Å². The Hall–Kier alpha value is 1.02. The molecule has 0 spiro atoms. The standard InChI is InChI=1S/C25H50O5S.K.H/c1-3-4-5-6-7-8-9-10-11-12-13-14-15-16-17-18-19-20-21-22-25(30-24(2)26)23-31(27,28)29;;/h25H,3-23H2,1-2H3,(H,27,28,29);;. The topological polar surface area (TPSA) is 80.7 Å². The number of unbranched alkanes of at least 4 members (excludes halogenated alkanes) is 18. The van der Waals surface area contributed by atoms with Crippen molar-refractivity contribution in [2.75, 3.05) is 5.75 Å². The van der Waals surface area contributed by atoms with E-state index in [1.165, 1.54) is 110 Å². The van der Waals surface area contributed by atoms with Crippen LogP contribution < -0.4 is 0 Å². The van der Waals surface area contributed by atoms with Crippen molar-refractivity contribution in [2.24, 2.45) is 0 Å². The van der Waals surface area contributed by atoms with E-state index in [9.17, 15) is 13.2 Å². The molecule has 0 fully saturated rings. The normalized spacial score (nSPS) is 12.3. The monoisotopic (exact) mass is 502 g/mol. The maximum absolute atomic E-state index is 11.0. The van der Waals surface area contributed by atoms with E-state index in [2.05, 4.69) is 6.92 Å². The van der Waals surface area contributed by atoms with Gasteiger partial charge in [0.15, 0.2) is 0 Å². The Bertz CT molecular complexity index is 510. The summed E-state index contributed by atoms with van der Waals surface area (Å²) in [5, 5.41) is 0. The van der Waals surface area contributed by atoms with Crippen LogP contribution in [0.1, 0.15) is 142 Å². The Morgan fingerprint density at radius 3 is 1.28 bits per heavy atom. The molecule has 0 aliphatic heterocycles. The molecule has 0 amide bonds. The first kappa shape index (κ1) is 35.2. The number of carbonyl (C=O) groups is 1. The van der Waals surface area contributed by atoms with Crippen molar-refractivity contribution in [3.05, 3.63) is 0 Å². The molecule has 0 aromatic carbocycles. The molecule has 0 radical (unpaired) electrons. The van der Waals surface area contributed by atoms with E-state index in [1.54, 1.807) is 0 Å². The van der Waals surface area contributed by atoms with E-state index in [4.69, 9.17) is 9.29 Å². The summed E-state index contributed by atoms with van der Waals surface area (Å²) in [7, 11) is -4.12. The third-order valence-corrected chi connectivity index (χ3v) is 6.65. The average molecular weight is 503 g/mol. The summed E-state index contributed by atoms with van der Waals surface area (Å²) in [5.74, 6) is -1.02. The van der Waals surface area contributed by atoms with E-state index in [1.807, 2.05) is 0 Å². The number of carbonyl (C=O) groups excluding carboxylic acids is 1. The van der Waals surface area contributed by atoms with Gasteiger partial charge in [0.25, 0.3) is 10.1 Å².